The number of carbonyl (C=O) groups is 2. The number of likely N-dealkylation sites (tertiary alicyclic amines) is 1. The summed E-state index contributed by atoms with van der Waals surface area (Å²) in [6.45, 7) is 8.56. The van der Waals surface area contributed by atoms with Crippen molar-refractivity contribution in [2.24, 2.45) is 11.3 Å². The molecule has 2 amide bonds. The summed E-state index contributed by atoms with van der Waals surface area (Å²) in [5.41, 5.74) is -0.322. The molecule has 0 aromatic heterocycles. The zero-order valence-electron chi connectivity index (χ0n) is 12.8. The van der Waals surface area contributed by atoms with E-state index in [-0.39, 0.29) is 29.2 Å². The van der Waals surface area contributed by atoms with Crippen molar-refractivity contribution >= 4 is 11.8 Å². The molecule has 2 rings (SSSR count). The van der Waals surface area contributed by atoms with Crippen molar-refractivity contribution in [3.05, 3.63) is 0 Å². The number of rotatable bonds is 2. The summed E-state index contributed by atoms with van der Waals surface area (Å²) >= 11 is 0. The average Bonchev–Trinajstić information content (AvgIpc) is 2.91. The maximum Gasteiger partial charge on any atom is 0.227 e. The quantitative estimate of drug-likeness (QED) is 0.827. The van der Waals surface area contributed by atoms with Gasteiger partial charge in [-0.15, -0.1) is 0 Å². The third kappa shape index (κ3) is 3.72. The second-order valence-electron chi connectivity index (χ2n) is 6.89. The summed E-state index contributed by atoms with van der Waals surface area (Å²) < 4.78 is 5.24. The fourth-order valence-corrected chi connectivity index (χ4v) is 2.76. The number of carbonyl (C=O) groups excluding carboxylic acids is 2. The molecule has 2 saturated heterocycles. The van der Waals surface area contributed by atoms with Crippen LogP contribution in [0, 0.1) is 11.3 Å². The van der Waals surface area contributed by atoms with Crippen LogP contribution in [-0.4, -0.2) is 49.1 Å². The van der Waals surface area contributed by atoms with Crippen molar-refractivity contribution in [3.63, 3.8) is 0 Å². The molecule has 0 aromatic rings. The smallest absolute Gasteiger partial charge is 0.227 e. The summed E-state index contributed by atoms with van der Waals surface area (Å²) in [6.07, 6.45) is 2.52. The van der Waals surface area contributed by atoms with Crippen molar-refractivity contribution in [2.75, 3.05) is 26.3 Å². The zero-order valence-corrected chi connectivity index (χ0v) is 12.8. The van der Waals surface area contributed by atoms with Crippen molar-refractivity contribution in [3.8, 4) is 0 Å². The van der Waals surface area contributed by atoms with Gasteiger partial charge in [0.05, 0.1) is 12.5 Å². The molecule has 2 aliphatic heterocycles. The van der Waals surface area contributed by atoms with E-state index in [4.69, 9.17) is 4.74 Å². The zero-order chi connectivity index (χ0) is 14.8. The van der Waals surface area contributed by atoms with Crippen LogP contribution < -0.4 is 5.32 Å². The van der Waals surface area contributed by atoms with Gasteiger partial charge in [-0.2, -0.15) is 0 Å². The van der Waals surface area contributed by atoms with Gasteiger partial charge in [0.25, 0.3) is 0 Å². The molecule has 0 unspecified atom stereocenters. The van der Waals surface area contributed by atoms with Crippen LogP contribution in [-0.2, 0) is 14.3 Å². The number of ether oxygens (including phenoxy) is 1. The van der Waals surface area contributed by atoms with Gasteiger partial charge in [-0.3, -0.25) is 9.59 Å². The van der Waals surface area contributed by atoms with Crippen LogP contribution in [0.5, 0.6) is 0 Å². The summed E-state index contributed by atoms with van der Waals surface area (Å²) in [4.78, 5) is 26.1. The minimum Gasteiger partial charge on any atom is -0.381 e. The molecule has 114 valence electrons. The van der Waals surface area contributed by atoms with Gasteiger partial charge >= 0.3 is 0 Å². The lowest BCUT2D eigenvalue weighted by atomic mass is 9.93. The minimum absolute atomic E-state index is 0.0178. The summed E-state index contributed by atoms with van der Waals surface area (Å²) in [5, 5.41) is 3.10. The Morgan fingerprint density at radius 3 is 2.30 bits per heavy atom. The van der Waals surface area contributed by atoms with E-state index in [1.807, 2.05) is 25.7 Å². The Morgan fingerprint density at radius 2 is 1.80 bits per heavy atom. The summed E-state index contributed by atoms with van der Waals surface area (Å²) in [7, 11) is 0. The lowest BCUT2D eigenvalue weighted by Crippen LogP contribution is -2.50. The highest BCUT2D eigenvalue weighted by Crippen LogP contribution is 2.21. The van der Waals surface area contributed by atoms with E-state index < -0.39 is 0 Å². The van der Waals surface area contributed by atoms with Crippen LogP contribution in [0.2, 0.25) is 0 Å². The standard InChI is InChI=1S/C15H26N2O3/c1-15(2,3)14(19)17-7-4-12(5-8-17)16-13(18)11-6-9-20-10-11/h11-12H,4-10H2,1-3H3,(H,16,18)/t11-/m1/s1. The third-order valence-electron chi connectivity index (χ3n) is 4.07. The van der Waals surface area contributed by atoms with Crippen LogP contribution in [0.1, 0.15) is 40.0 Å². The van der Waals surface area contributed by atoms with Gasteiger partial charge in [-0.25, -0.2) is 0 Å². The predicted molar refractivity (Wildman–Crippen MR) is 76.1 cm³/mol. The van der Waals surface area contributed by atoms with Gasteiger partial charge in [0, 0.05) is 31.2 Å². The highest BCUT2D eigenvalue weighted by molar-refractivity contribution is 5.82. The van der Waals surface area contributed by atoms with Gasteiger partial charge in [0.15, 0.2) is 0 Å². The van der Waals surface area contributed by atoms with Crippen LogP contribution >= 0.6 is 0 Å². The topological polar surface area (TPSA) is 58.6 Å². The second kappa shape index (κ2) is 6.12. The van der Waals surface area contributed by atoms with Gasteiger partial charge in [0.2, 0.25) is 11.8 Å². The molecule has 1 N–H and O–H groups in total. The molecule has 0 spiro atoms. The first-order chi connectivity index (χ1) is 9.38. The molecule has 0 aliphatic carbocycles. The molecule has 5 nitrogen and oxygen atoms in total. The van der Waals surface area contributed by atoms with E-state index in [9.17, 15) is 9.59 Å². The van der Waals surface area contributed by atoms with E-state index >= 15 is 0 Å². The van der Waals surface area contributed by atoms with E-state index in [1.165, 1.54) is 0 Å². The molecule has 2 aliphatic rings. The second-order valence-corrected chi connectivity index (χ2v) is 6.89. The van der Waals surface area contributed by atoms with Gasteiger partial charge < -0.3 is 15.0 Å². The molecule has 20 heavy (non-hydrogen) atoms. The monoisotopic (exact) mass is 282 g/mol. The minimum atomic E-state index is -0.322. The lowest BCUT2D eigenvalue weighted by molar-refractivity contribution is -0.140. The fourth-order valence-electron chi connectivity index (χ4n) is 2.76. The molecule has 5 heteroatoms. The molecular weight excluding hydrogens is 256 g/mol. The molecular formula is C15H26N2O3. The number of piperidine rings is 1. The van der Waals surface area contributed by atoms with Crippen LogP contribution in [0.3, 0.4) is 0 Å². The average molecular weight is 282 g/mol. The molecule has 2 heterocycles. The van der Waals surface area contributed by atoms with E-state index in [0.717, 1.165) is 32.4 Å². The first kappa shape index (κ1) is 15.3. The number of amides is 2. The van der Waals surface area contributed by atoms with Gasteiger partial charge in [-0.05, 0) is 19.3 Å². The predicted octanol–water partition coefficient (Wildman–Crippen LogP) is 1.18. The maximum absolute atomic E-state index is 12.2. The lowest BCUT2D eigenvalue weighted by Gasteiger charge is -2.36. The fraction of sp³-hybridized carbons (Fsp3) is 0.867. The highest BCUT2D eigenvalue weighted by Gasteiger charge is 2.32. The Hall–Kier alpha value is -1.10. The van der Waals surface area contributed by atoms with Crippen molar-refractivity contribution < 1.29 is 14.3 Å². The van der Waals surface area contributed by atoms with E-state index in [0.29, 0.717) is 13.2 Å². The van der Waals surface area contributed by atoms with Gasteiger partial charge in [-0.1, -0.05) is 20.8 Å². The number of nitrogens with zero attached hydrogens (tertiary/aromatic N) is 1. The molecule has 2 fully saturated rings. The largest absolute Gasteiger partial charge is 0.381 e. The Kier molecular flexibility index (Phi) is 4.68. The maximum atomic E-state index is 12.2. The van der Waals surface area contributed by atoms with E-state index in [1.54, 1.807) is 0 Å². The highest BCUT2D eigenvalue weighted by atomic mass is 16.5. The molecule has 1 atom stereocenters. The number of hydrogen-bond donors (Lipinski definition) is 1. The van der Waals surface area contributed by atoms with Crippen LogP contribution in [0.15, 0.2) is 0 Å². The number of nitrogens with one attached hydrogen (secondary N) is 1. The Morgan fingerprint density at radius 1 is 1.15 bits per heavy atom. The first-order valence-electron chi connectivity index (χ1n) is 7.55. The SMILES string of the molecule is CC(C)(C)C(=O)N1CCC(NC(=O)[C@@H]2CCOC2)CC1. The molecule has 0 bridgehead atoms. The van der Waals surface area contributed by atoms with Crippen molar-refractivity contribution in [2.45, 2.75) is 46.1 Å². The van der Waals surface area contributed by atoms with Gasteiger partial charge in [0.1, 0.15) is 0 Å². The van der Waals surface area contributed by atoms with Crippen LogP contribution in [0.4, 0.5) is 0 Å². The van der Waals surface area contributed by atoms with Crippen LogP contribution in [0.25, 0.3) is 0 Å². The molecule has 0 saturated carbocycles. The summed E-state index contributed by atoms with van der Waals surface area (Å²) in [5.74, 6) is 0.332. The third-order valence-corrected chi connectivity index (χ3v) is 4.07. The number of hydrogen-bond acceptors (Lipinski definition) is 3. The Bertz CT molecular complexity index is 362. The van der Waals surface area contributed by atoms with Crippen molar-refractivity contribution in [1.29, 1.82) is 0 Å². The molecule has 0 aromatic carbocycles. The summed E-state index contributed by atoms with van der Waals surface area (Å²) in [6, 6.07) is 0.201. The normalized spacial score (nSPS) is 24.8. The first-order valence-corrected chi connectivity index (χ1v) is 7.55. The van der Waals surface area contributed by atoms with E-state index in [2.05, 4.69) is 5.32 Å². The van der Waals surface area contributed by atoms with Crippen molar-refractivity contribution in [1.82, 2.24) is 10.2 Å². The molecule has 0 radical (unpaired) electrons. The Labute approximate surface area is 121 Å². The Balaban J connectivity index is 1.77.